The van der Waals surface area contributed by atoms with E-state index in [1.165, 1.54) is 13.4 Å². The summed E-state index contributed by atoms with van der Waals surface area (Å²) in [6.07, 6.45) is 2.20. The maximum atomic E-state index is 13.0. The summed E-state index contributed by atoms with van der Waals surface area (Å²) >= 11 is 6.10. The number of carbonyl (C=O) groups is 1. The molecule has 0 bridgehead atoms. The van der Waals surface area contributed by atoms with Crippen LogP contribution in [0.1, 0.15) is 30.6 Å². The van der Waals surface area contributed by atoms with Crippen LogP contribution in [0.2, 0.25) is 5.02 Å². The third-order valence-corrected chi connectivity index (χ3v) is 5.99. The summed E-state index contributed by atoms with van der Waals surface area (Å²) in [6.45, 7) is 8.87. The maximum absolute atomic E-state index is 13.0. The number of nitrogens with zero attached hydrogens (tertiary/aromatic N) is 3. The van der Waals surface area contributed by atoms with Gasteiger partial charge < -0.3 is 24.3 Å². The molecule has 0 radical (unpaired) electrons. The number of benzene rings is 2. The van der Waals surface area contributed by atoms with Crippen molar-refractivity contribution < 1.29 is 23.7 Å². The van der Waals surface area contributed by atoms with E-state index in [1.807, 2.05) is 26.0 Å². The average molecular weight is 515 g/mol. The van der Waals surface area contributed by atoms with Gasteiger partial charge in [-0.2, -0.15) is 0 Å². The molecular formula is C26H31ClN4O5. The van der Waals surface area contributed by atoms with Crippen LogP contribution in [0.25, 0.3) is 10.9 Å². The Kier molecular flexibility index (Phi) is 8.79. The normalized spacial score (nSPS) is 14.1. The number of aromatic nitrogens is 2. The number of methoxy groups -OCH3 is 1. The fourth-order valence-corrected chi connectivity index (χ4v) is 4.13. The molecular weight excluding hydrogens is 484 g/mol. The van der Waals surface area contributed by atoms with E-state index in [4.69, 9.17) is 30.5 Å². The zero-order valence-electron chi connectivity index (χ0n) is 20.8. The lowest BCUT2D eigenvalue weighted by atomic mass is 10.1. The minimum atomic E-state index is -0.357. The summed E-state index contributed by atoms with van der Waals surface area (Å²) < 4.78 is 22.7. The SMILES string of the molecule is COc1cc(C(=O)Nc2ncnc3cc(OCCCN4CCOCC4)cc(OC(C)C)c23)ccc1Cl. The Morgan fingerprint density at radius 2 is 1.97 bits per heavy atom. The predicted octanol–water partition coefficient (Wildman–Crippen LogP) is 4.43. The van der Waals surface area contributed by atoms with Crippen molar-refractivity contribution in [1.82, 2.24) is 14.9 Å². The van der Waals surface area contributed by atoms with Gasteiger partial charge in [0.15, 0.2) is 0 Å². The molecule has 3 aromatic rings. The molecule has 0 aliphatic carbocycles. The third kappa shape index (κ3) is 6.54. The molecule has 0 unspecified atom stereocenters. The first-order chi connectivity index (χ1) is 17.4. The van der Waals surface area contributed by atoms with Crippen LogP contribution in [-0.4, -0.2) is 73.4 Å². The zero-order chi connectivity index (χ0) is 25.5. The highest BCUT2D eigenvalue weighted by molar-refractivity contribution is 6.32. The van der Waals surface area contributed by atoms with Crippen LogP contribution in [0.3, 0.4) is 0 Å². The van der Waals surface area contributed by atoms with Gasteiger partial charge in [-0.1, -0.05) is 11.6 Å². The maximum Gasteiger partial charge on any atom is 0.256 e. The van der Waals surface area contributed by atoms with Crippen molar-refractivity contribution in [2.75, 3.05) is 51.9 Å². The smallest absolute Gasteiger partial charge is 0.256 e. The number of carbonyl (C=O) groups excluding carboxylic acids is 1. The summed E-state index contributed by atoms with van der Waals surface area (Å²) in [7, 11) is 1.50. The molecule has 1 amide bonds. The number of morpholine rings is 1. The largest absolute Gasteiger partial charge is 0.495 e. The van der Waals surface area contributed by atoms with Gasteiger partial charge >= 0.3 is 0 Å². The number of fused-ring (bicyclic) bond motifs is 1. The van der Waals surface area contributed by atoms with E-state index in [1.54, 1.807) is 18.2 Å². The van der Waals surface area contributed by atoms with Crippen molar-refractivity contribution in [1.29, 1.82) is 0 Å². The highest BCUT2D eigenvalue weighted by atomic mass is 35.5. The van der Waals surface area contributed by atoms with Crippen molar-refractivity contribution in [3.05, 3.63) is 47.2 Å². The molecule has 10 heteroatoms. The first kappa shape index (κ1) is 25.9. The van der Waals surface area contributed by atoms with Gasteiger partial charge in [-0.3, -0.25) is 9.69 Å². The molecule has 0 spiro atoms. The summed E-state index contributed by atoms with van der Waals surface area (Å²) in [5.41, 5.74) is 0.991. The fourth-order valence-electron chi connectivity index (χ4n) is 3.94. The number of ether oxygens (including phenoxy) is 4. The number of amides is 1. The van der Waals surface area contributed by atoms with Gasteiger partial charge in [-0.05, 0) is 38.5 Å². The lowest BCUT2D eigenvalue weighted by molar-refractivity contribution is 0.0358. The van der Waals surface area contributed by atoms with Crippen molar-refractivity contribution in [2.24, 2.45) is 0 Å². The van der Waals surface area contributed by atoms with Crippen LogP contribution in [0.4, 0.5) is 5.82 Å². The lowest BCUT2D eigenvalue weighted by Crippen LogP contribution is -2.37. The molecule has 2 aromatic carbocycles. The molecule has 2 heterocycles. The molecule has 1 aromatic heterocycles. The number of nitrogens with one attached hydrogen (secondary N) is 1. The van der Waals surface area contributed by atoms with Crippen LogP contribution >= 0.6 is 11.6 Å². The van der Waals surface area contributed by atoms with E-state index >= 15 is 0 Å². The van der Waals surface area contributed by atoms with Crippen LogP contribution in [0.5, 0.6) is 17.2 Å². The molecule has 1 aliphatic rings. The Labute approximate surface area is 215 Å². The van der Waals surface area contributed by atoms with Crippen LogP contribution in [0.15, 0.2) is 36.7 Å². The second-order valence-electron chi connectivity index (χ2n) is 8.66. The fraction of sp³-hybridized carbons (Fsp3) is 0.423. The topological polar surface area (TPSA) is 95.0 Å². The Balaban J connectivity index is 1.54. The first-order valence-electron chi connectivity index (χ1n) is 12.0. The van der Waals surface area contributed by atoms with Crippen LogP contribution < -0.4 is 19.5 Å². The number of hydrogen-bond acceptors (Lipinski definition) is 8. The Bertz CT molecular complexity index is 1200. The molecule has 1 N–H and O–H groups in total. The molecule has 36 heavy (non-hydrogen) atoms. The third-order valence-electron chi connectivity index (χ3n) is 5.67. The average Bonchev–Trinajstić information content (AvgIpc) is 2.87. The highest BCUT2D eigenvalue weighted by Gasteiger charge is 2.18. The van der Waals surface area contributed by atoms with Gasteiger partial charge in [-0.25, -0.2) is 9.97 Å². The second-order valence-corrected chi connectivity index (χ2v) is 9.07. The van der Waals surface area contributed by atoms with E-state index in [0.29, 0.717) is 51.2 Å². The highest BCUT2D eigenvalue weighted by Crippen LogP contribution is 2.35. The minimum Gasteiger partial charge on any atom is -0.495 e. The minimum absolute atomic E-state index is 0.103. The van der Waals surface area contributed by atoms with E-state index < -0.39 is 0 Å². The van der Waals surface area contributed by atoms with Gasteiger partial charge in [0, 0.05) is 37.3 Å². The van der Waals surface area contributed by atoms with Crippen molar-refractivity contribution >= 4 is 34.2 Å². The molecule has 1 saturated heterocycles. The van der Waals surface area contributed by atoms with E-state index in [2.05, 4.69) is 20.2 Å². The number of anilines is 1. The van der Waals surface area contributed by atoms with Gasteiger partial charge in [0.25, 0.3) is 5.91 Å². The number of halogens is 1. The second kappa shape index (κ2) is 12.2. The molecule has 192 valence electrons. The van der Waals surface area contributed by atoms with Gasteiger partial charge in [-0.15, -0.1) is 0 Å². The van der Waals surface area contributed by atoms with Crippen LogP contribution in [-0.2, 0) is 4.74 Å². The van der Waals surface area contributed by atoms with Crippen LogP contribution in [0, 0.1) is 0 Å². The molecule has 0 atom stereocenters. The molecule has 0 saturated carbocycles. The van der Waals surface area contributed by atoms with Crippen molar-refractivity contribution in [3.8, 4) is 17.2 Å². The number of rotatable bonds is 10. The first-order valence-corrected chi connectivity index (χ1v) is 12.4. The van der Waals surface area contributed by atoms with Gasteiger partial charge in [0.1, 0.15) is 29.4 Å². The predicted molar refractivity (Wildman–Crippen MR) is 139 cm³/mol. The molecule has 9 nitrogen and oxygen atoms in total. The van der Waals surface area contributed by atoms with E-state index in [-0.39, 0.29) is 12.0 Å². The molecule has 1 fully saturated rings. The summed E-state index contributed by atoms with van der Waals surface area (Å²) in [5, 5.41) is 3.89. The summed E-state index contributed by atoms with van der Waals surface area (Å²) in [6, 6.07) is 8.47. The summed E-state index contributed by atoms with van der Waals surface area (Å²) in [5.74, 6) is 1.59. The van der Waals surface area contributed by atoms with E-state index in [9.17, 15) is 4.79 Å². The zero-order valence-corrected chi connectivity index (χ0v) is 21.5. The number of hydrogen-bond donors (Lipinski definition) is 1. The van der Waals surface area contributed by atoms with Crippen molar-refractivity contribution in [3.63, 3.8) is 0 Å². The Morgan fingerprint density at radius 1 is 1.17 bits per heavy atom. The van der Waals surface area contributed by atoms with Crippen molar-refractivity contribution in [2.45, 2.75) is 26.4 Å². The standard InChI is InChI=1S/C26H31ClN4O5/c1-17(2)36-23-15-19(35-10-4-7-31-8-11-34-12-9-31)14-21-24(23)25(29-16-28-21)30-26(32)18-5-6-20(27)22(13-18)33-3/h5-6,13-17H,4,7-12H2,1-3H3,(H,28,29,30,32). The molecule has 1 aliphatic heterocycles. The Morgan fingerprint density at radius 3 is 2.72 bits per heavy atom. The summed E-state index contributed by atoms with van der Waals surface area (Å²) in [4.78, 5) is 24.1. The van der Waals surface area contributed by atoms with Gasteiger partial charge in [0.05, 0.1) is 49.0 Å². The molecule has 4 rings (SSSR count). The van der Waals surface area contributed by atoms with E-state index in [0.717, 1.165) is 39.3 Å². The van der Waals surface area contributed by atoms with Gasteiger partial charge in [0.2, 0.25) is 0 Å². The Hall–Kier alpha value is -3.14. The lowest BCUT2D eigenvalue weighted by Gasteiger charge is -2.26. The monoisotopic (exact) mass is 514 g/mol. The quantitative estimate of drug-likeness (QED) is 0.397.